The Morgan fingerprint density at radius 2 is 1.88 bits per heavy atom. The second-order valence-corrected chi connectivity index (χ2v) is 5.64. The molecule has 0 aromatic carbocycles. The summed E-state index contributed by atoms with van der Waals surface area (Å²) in [6, 6.07) is 0. The Morgan fingerprint density at radius 3 is 2.25 bits per heavy atom. The summed E-state index contributed by atoms with van der Waals surface area (Å²) in [6.45, 7) is 13.0. The Hall–Kier alpha value is -0.305. The summed E-state index contributed by atoms with van der Waals surface area (Å²) in [5.41, 5.74) is -0.648. The van der Waals surface area contributed by atoms with E-state index in [-0.39, 0.29) is 0 Å². The van der Waals surface area contributed by atoms with E-state index in [1.54, 1.807) is 13.8 Å². The molecule has 0 aromatic heterocycles. The first-order chi connectivity index (χ1) is 7.32. The van der Waals surface area contributed by atoms with Gasteiger partial charge in [-0.05, 0) is 25.7 Å². The zero-order chi connectivity index (χ0) is 12.8. The molecular formula is C13H26BO2. The Kier molecular flexibility index (Phi) is 6.97. The summed E-state index contributed by atoms with van der Waals surface area (Å²) in [5, 5.41) is 0. The van der Waals surface area contributed by atoms with Crippen LogP contribution in [-0.4, -0.2) is 25.8 Å². The molecule has 2 nitrogen and oxygen atoms in total. The number of carbonyl (C=O) groups excluding carboxylic acids is 1. The third kappa shape index (κ3) is 6.31. The maximum Gasteiger partial charge on any atom is 0.151 e. The smallest absolute Gasteiger partial charge is 0.151 e. The maximum absolute atomic E-state index is 10.7. The molecule has 16 heavy (non-hydrogen) atoms. The van der Waals surface area contributed by atoms with E-state index < -0.39 is 5.60 Å². The second-order valence-electron chi connectivity index (χ2n) is 5.64. The number of carbonyl (C=O) groups is 1. The van der Waals surface area contributed by atoms with E-state index in [4.69, 9.17) is 4.74 Å². The number of hydrogen-bond acceptors (Lipinski definition) is 2. The summed E-state index contributed by atoms with van der Waals surface area (Å²) < 4.78 is 5.62. The Morgan fingerprint density at radius 1 is 1.31 bits per heavy atom. The van der Waals surface area contributed by atoms with Crippen molar-refractivity contribution >= 4 is 13.6 Å². The average Bonchev–Trinajstić information content (AvgIpc) is 2.22. The summed E-state index contributed by atoms with van der Waals surface area (Å²) in [4.78, 5) is 10.7. The minimum atomic E-state index is -0.648. The van der Waals surface area contributed by atoms with Gasteiger partial charge in [-0.1, -0.05) is 39.8 Å². The van der Waals surface area contributed by atoms with Crippen molar-refractivity contribution < 1.29 is 9.53 Å². The van der Waals surface area contributed by atoms with Crippen LogP contribution in [0.1, 0.15) is 41.0 Å². The van der Waals surface area contributed by atoms with Crippen LogP contribution < -0.4 is 0 Å². The molecule has 2 atom stereocenters. The van der Waals surface area contributed by atoms with Gasteiger partial charge in [0.25, 0.3) is 0 Å². The Balaban J connectivity index is 4.11. The van der Waals surface area contributed by atoms with Crippen LogP contribution in [0.25, 0.3) is 0 Å². The molecule has 0 N–H and O–H groups in total. The fraction of sp³-hybridized carbons (Fsp3) is 0.923. The number of hydrogen-bond donors (Lipinski definition) is 0. The van der Waals surface area contributed by atoms with Gasteiger partial charge in [0.1, 0.15) is 12.9 Å². The van der Waals surface area contributed by atoms with Gasteiger partial charge in [0.2, 0.25) is 0 Å². The van der Waals surface area contributed by atoms with Gasteiger partial charge in [-0.3, -0.25) is 0 Å². The molecule has 0 rings (SSSR count). The zero-order valence-electron chi connectivity index (χ0n) is 11.6. The third-order valence-electron chi connectivity index (χ3n) is 2.90. The highest BCUT2D eigenvalue weighted by molar-refractivity contribution is 6.35. The highest BCUT2D eigenvalue weighted by Crippen LogP contribution is 2.26. The average molecular weight is 225 g/mol. The van der Waals surface area contributed by atoms with Crippen molar-refractivity contribution in [2.24, 2.45) is 11.8 Å². The van der Waals surface area contributed by atoms with E-state index in [0.29, 0.717) is 24.3 Å². The largest absolute Gasteiger partial charge is 0.368 e. The number of rotatable bonds is 8. The van der Waals surface area contributed by atoms with Gasteiger partial charge >= 0.3 is 0 Å². The van der Waals surface area contributed by atoms with Crippen molar-refractivity contribution in [1.82, 2.24) is 0 Å². The van der Waals surface area contributed by atoms with Crippen LogP contribution in [0.2, 0.25) is 12.6 Å². The van der Waals surface area contributed by atoms with Crippen LogP contribution in [0.5, 0.6) is 0 Å². The zero-order valence-corrected chi connectivity index (χ0v) is 11.6. The van der Waals surface area contributed by atoms with Crippen molar-refractivity contribution in [3.8, 4) is 0 Å². The summed E-state index contributed by atoms with van der Waals surface area (Å²) in [6.07, 6.45) is 2.05. The summed E-state index contributed by atoms with van der Waals surface area (Å²) in [7, 11) is 2.25. The Labute approximate surface area is 101 Å². The van der Waals surface area contributed by atoms with Crippen LogP contribution in [0.15, 0.2) is 0 Å². The van der Waals surface area contributed by atoms with Gasteiger partial charge in [-0.15, -0.1) is 0 Å². The first kappa shape index (κ1) is 15.7. The summed E-state index contributed by atoms with van der Waals surface area (Å²) >= 11 is 0. The van der Waals surface area contributed by atoms with E-state index in [1.807, 2.05) is 0 Å². The fourth-order valence-electron chi connectivity index (χ4n) is 1.75. The van der Waals surface area contributed by atoms with Crippen LogP contribution >= 0.6 is 0 Å². The van der Waals surface area contributed by atoms with Crippen molar-refractivity contribution in [3.63, 3.8) is 0 Å². The van der Waals surface area contributed by atoms with Gasteiger partial charge in [-0.2, -0.15) is 0 Å². The molecule has 0 amide bonds. The van der Waals surface area contributed by atoms with E-state index in [9.17, 15) is 4.79 Å². The molecular weight excluding hydrogens is 199 g/mol. The topological polar surface area (TPSA) is 26.3 Å². The third-order valence-corrected chi connectivity index (χ3v) is 2.90. The lowest BCUT2D eigenvalue weighted by Crippen LogP contribution is -2.30. The Bertz CT molecular complexity index is 202. The molecule has 0 aromatic rings. The molecule has 3 heteroatoms. The molecule has 0 aliphatic heterocycles. The molecule has 93 valence electrons. The van der Waals surface area contributed by atoms with Crippen LogP contribution in [0.3, 0.4) is 0 Å². The lowest BCUT2D eigenvalue weighted by Gasteiger charge is -2.27. The highest BCUT2D eigenvalue weighted by Gasteiger charge is 2.22. The molecule has 0 saturated carbocycles. The second kappa shape index (κ2) is 7.11. The molecule has 2 unspecified atom stereocenters. The predicted molar refractivity (Wildman–Crippen MR) is 70.1 cm³/mol. The first-order valence-electron chi connectivity index (χ1n) is 6.22. The molecule has 0 aliphatic rings. The summed E-state index contributed by atoms with van der Waals surface area (Å²) in [5.74, 6) is 1.73. The van der Waals surface area contributed by atoms with E-state index in [2.05, 4.69) is 34.9 Å². The van der Waals surface area contributed by atoms with Gasteiger partial charge in [0.05, 0.1) is 6.61 Å². The highest BCUT2D eigenvalue weighted by atomic mass is 16.5. The van der Waals surface area contributed by atoms with Crippen molar-refractivity contribution in [1.29, 1.82) is 0 Å². The van der Waals surface area contributed by atoms with Crippen molar-refractivity contribution in [3.05, 3.63) is 0 Å². The minimum Gasteiger partial charge on any atom is -0.368 e. The quantitative estimate of drug-likeness (QED) is 0.468. The van der Waals surface area contributed by atoms with Crippen LogP contribution in [0.4, 0.5) is 0 Å². The lowest BCUT2D eigenvalue weighted by molar-refractivity contribution is -0.128. The fourth-order valence-corrected chi connectivity index (χ4v) is 1.75. The monoisotopic (exact) mass is 225 g/mol. The van der Waals surface area contributed by atoms with E-state index >= 15 is 0 Å². The number of aldehydes is 1. The normalized spacial score (nSPS) is 15.9. The standard InChI is InChI=1S/C13H26BO2/c1-10(2)7-12(14-6)11(3)8-16-13(4,5)9-15/h9-12H,7-8H2,1-6H3. The molecule has 0 aliphatic carbocycles. The molecule has 0 heterocycles. The lowest BCUT2D eigenvalue weighted by atomic mass is 9.59. The van der Waals surface area contributed by atoms with Crippen molar-refractivity contribution in [2.45, 2.75) is 59.3 Å². The molecule has 1 radical (unpaired) electrons. The minimum absolute atomic E-state index is 0.464. The molecule has 0 spiro atoms. The van der Waals surface area contributed by atoms with Crippen molar-refractivity contribution in [2.75, 3.05) is 6.61 Å². The molecule has 0 fully saturated rings. The van der Waals surface area contributed by atoms with Gasteiger partial charge in [-0.25, -0.2) is 0 Å². The van der Waals surface area contributed by atoms with Crippen LogP contribution in [0, 0.1) is 11.8 Å². The van der Waals surface area contributed by atoms with E-state index in [0.717, 1.165) is 6.29 Å². The molecule has 0 bridgehead atoms. The van der Waals surface area contributed by atoms with Gasteiger partial charge in [0, 0.05) is 0 Å². The van der Waals surface area contributed by atoms with Crippen LogP contribution in [-0.2, 0) is 9.53 Å². The predicted octanol–water partition coefficient (Wildman–Crippen LogP) is 3.20. The SMILES string of the molecule is C[B]C(CC(C)C)C(C)COC(C)(C)C=O. The first-order valence-corrected chi connectivity index (χ1v) is 6.22. The van der Waals surface area contributed by atoms with E-state index in [1.165, 1.54) is 6.42 Å². The molecule has 0 saturated heterocycles. The van der Waals surface area contributed by atoms with Gasteiger partial charge < -0.3 is 9.53 Å². The number of ether oxygens (including phenoxy) is 1. The maximum atomic E-state index is 10.7. The van der Waals surface area contributed by atoms with Gasteiger partial charge in [0.15, 0.2) is 6.29 Å².